The zero-order chi connectivity index (χ0) is 20.0. The number of rotatable bonds is 7. The zero-order valence-electron chi connectivity index (χ0n) is 16.1. The predicted molar refractivity (Wildman–Crippen MR) is 107 cm³/mol. The van der Waals surface area contributed by atoms with Crippen LogP contribution >= 0.6 is 11.3 Å². The number of anilines is 1. The minimum atomic E-state index is -0.470. The molecule has 5 nitrogen and oxygen atoms in total. The molecular formula is C21H24N2O3S. The van der Waals surface area contributed by atoms with Gasteiger partial charge in [0.1, 0.15) is 15.9 Å². The Balaban J connectivity index is 2.04. The van der Waals surface area contributed by atoms with Crippen molar-refractivity contribution in [1.82, 2.24) is 0 Å². The average Bonchev–Trinajstić information content (AvgIpc) is 2.95. The molecule has 0 aliphatic carbocycles. The third-order valence-corrected chi connectivity index (χ3v) is 5.45. The van der Waals surface area contributed by atoms with Gasteiger partial charge in [-0.15, -0.1) is 11.3 Å². The number of nitrogens with one attached hydrogen (secondary N) is 1. The van der Waals surface area contributed by atoms with Gasteiger partial charge in [-0.1, -0.05) is 38.1 Å². The van der Waals surface area contributed by atoms with Gasteiger partial charge in [0.2, 0.25) is 5.91 Å². The number of amides is 1. The van der Waals surface area contributed by atoms with Crippen LogP contribution in [0.15, 0.2) is 24.3 Å². The van der Waals surface area contributed by atoms with Crippen molar-refractivity contribution in [2.24, 2.45) is 0 Å². The Morgan fingerprint density at radius 2 is 1.93 bits per heavy atom. The maximum atomic E-state index is 12.3. The van der Waals surface area contributed by atoms with Crippen molar-refractivity contribution < 1.29 is 14.3 Å². The van der Waals surface area contributed by atoms with E-state index in [4.69, 9.17) is 4.74 Å². The number of carbonyl (C=O) groups is 2. The highest BCUT2D eigenvalue weighted by atomic mass is 32.1. The van der Waals surface area contributed by atoms with Gasteiger partial charge < -0.3 is 10.1 Å². The van der Waals surface area contributed by atoms with Gasteiger partial charge in [-0.25, -0.2) is 4.79 Å². The van der Waals surface area contributed by atoms with Gasteiger partial charge in [-0.2, -0.15) is 5.26 Å². The number of aryl methyl sites for hydroxylation is 1. The molecule has 1 heterocycles. The Labute approximate surface area is 164 Å². The van der Waals surface area contributed by atoms with Crippen molar-refractivity contribution in [3.63, 3.8) is 0 Å². The number of esters is 1. The first-order valence-electron chi connectivity index (χ1n) is 8.96. The molecule has 0 radical (unpaired) electrons. The molecule has 1 N–H and O–H groups in total. The monoisotopic (exact) mass is 384 g/mol. The van der Waals surface area contributed by atoms with Crippen molar-refractivity contribution in [3.8, 4) is 6.07 Å². The van der Waals surface area contributed by atoms with Crippen LogP contribution in [0, 0.1) is 18.3 Å². The van der Waals surface area contributed by atoms with E-state index in [1.165, 1.54) is 5.56 Å². The van der Waals surface area contributed by atoms with E-state index in [2.05, 4.69) is 37.4 Å². The summed E-state index contributed by atoms with van der Waals surface area (Å²) in [6.07, 6.45) is 0.915. The van der Waals surface area contributed by atoms with Crippen molar-refractivity contribution >= 4 is 28.2 Å². The largest absolute Gasteiger partial charge is 0.462 e. The fourth-order valence-corrected chi connectivity index (χ4v) is 3.71. The van der Waals surface area contributed by atoms with Crippen LogP contribution in [-0.2, 0) is 16.0 Å². The summed E-state index contributed by atoms with van der Waals surface area (Å²) in [7, 11) is 0. The first kappa shape index (κ1) is 20.7. The molecule has 1 aromatic carbocycles. The Kier molecular flexibility index (Phi) is 7.14. The topological polar surface area (TPSA) is 79.2 Å². The lowest BCUT2D eigenvalue weighted by Gasteiger charge is -2.07. The molecule has 0 unspecified atom stereocenters. The third-order valence-electron chi connectivity index (χ3n) is 4.26. The fraction of sp³-hybridized carbons (Fsp3) is 0.381. The van der Waals surface area contributed by atoms with Gasteiger partial charge in [0.05, 0.1) is 12.2 Å². The number of hydrogen-bond donors (Lipinski definition) is 1. The standard InChI is InChI=1S/C21H24N2O3S/c1-5-26-21(25)19-14(4)17(12-22)20(27-19)23-18(24)11-8-15-6-9-16(10-7-15)13(2)3/h6-7,9-10,13H,5,8,11H2,1-4H3,(H,23,24). The lowest BCUT2D eigenvalue weighted by molar-refractivity contribution is -0.116. The molecule has 0 fully saturated rings. The molecule has 0 aliphatic heterocycles. The van der Waals surface area contributed by atoms with Crippen LogP contribution in [0.5, 0.6) is 0 Å². The molecule has 0 bridgehead atoms. The molecular weight excluding hydrogens is 360 g/mol. The molecule has 0 saturated heterocycles. The number of nitrogens with zero attached hydrogens (tertiary/aromatic N) is 1. The first-order valence-corrected chi connectivity index (χ1v) is 9.78. The van der Waals surface area contributed by atoms with Gasteiger partial charge in [0.25, 0.3) is 0 Å². The summed E-state index contributed by atoms with van der Waals surface area (Å²) in [5.41, 5.74) is 3.21. The van der Waals surface area contributed by atoms with Gasteiger partial charge in [0, 0.05) is 6.42 Å². The van der Waals surface area contributed by atoms with E-state index < -0.39 is 5.97 Å². The predicted octanol–water partition coefficient (Wildman–Crippen LogP) is 4.80. The minimum absolute atomic E-state index is 0.184. The quantitative estimate of drug-likeness (QED) is 0.696. The van der Waals surface area contributed by atoms with E-state index in [9.17, 15) is 14.9 Å². The molecule has 0 spiro atoms. The van der Waals surface area contributed by atoms with Crippen LogP contribution in [0.4, 0.5) is 5.00 Å². The summed E-state index contributed by atoms with van der Waals surface area (Å²) in [6, 6.07) is 10.3. The van der Waals surface area contributed by atoms with E-state index >= 15 is 0 Å². The number of nitriles is 1. The van der Waals surface area contributed by atoms with Gasteiger partial charge in [-0.3, -0.25) is 4.79 Å². The number of carbonyl (C=O) groups excluding carboxylic acids is 2. The van der Waals surface area contributed by atoms with E-state index in [1.807, 2.05) is 12.1 Å². The molecule has 6 heteroatoms. The van der Waals surface area contributed by atoms with Crippen molar-refractivity contribution in [1.29, 1.82) is 5.26 Å². The van der Waals surface area contributed by atoms with Gasteiger partial charge in [0.15, 0.2) is 0 Å². The minimum Gasteiger partial charge on any atom is -0.462 e. The van der Waals surface area contributed by atoms with Gasteiger partial charge in [-0.05, 0) is 42.9 Å². The highest BCUT2D eigenvalue weighted by Crippen LogP contribution is 2.33. The molecule has 0 atom stereocenters. The highest BCUT2D eigenvalue weighted by Gasteiger charge is 2.22. The Hall–Kier alpha value is -2.65. The average molecular weight is 385 g/mol. The lowest BCUT2D eigenvalue weighted by atomic mass is 10.0. The van der Waals surface area contributed by atoms with Crippen molar-refractivity contribution in [2.75, 3.05) is 11.9 Å². The molecule has 142 valence electrons. The van der Waals surface area contributed by atoms with Gasteiger partial charge >= 0.3 is 5.97 Å². The lowest BCUT2D eigenvalue weighted by Crippen LogP contribution is -2.12. The molecule has 0 aliphatic rings. The summed E-state index contributed by atoms with van der Waals surface area (Å²) in [4.78, 5) is 24.7. The number of thiophene rings is 1. The van der Waals surface area contributed by atoms with Crippen LogP contribution in [0.1, 0.15) is 65.0 Å². The summed E-state index contributed by atoms with van der Waals surface area (Å²) in [5.74, 6) is -0.180. The maximum absolute atomic E-state index is 12.3. The second kappa shape index (κ2) is 9.33. The summed E-state index contributed by atoms with van der Waals surface area (Å²) < 4.78 is 5.01. The normalized spacial score (nSPS) is 10.5. The number of ether oxygens (including phenoxy) is 1. The van der Waals surface area contributed by atoms with Crippen LogP contribution in [0.25, 0.3) is 0 Å². The summed E-state index contributed by atoms with van der Waals surface area (Å²) >= 11 is 1.08. The van der Waals surface area contributed by atoms with Crippen LogP contribution < -0.4 is 5.32 Å². The zero-order valence-corrected chi connectivity index (χ0v) is 16.9. The van der Waals surface area contributed by atoms with Crippen LogP contribution in [0.2, 0.25) is 0 Å². The second-order valence-corrected chi connectivity index (χ2v) is 7.56. The Morgan fingerprint density at radius 3 is 2.48 bits per heavy atom. The smallest absolute Gasteiger partial charge is 0.348 e. The van der Waals surface area contributed by atoms with Crippen LogP contribution in [-0.4, -0.2) is 18.5 Å². The number of benzene rings is 1. The molecule has 2 rings (SSSR count). The maximum Gasteiger partial charge on any atom is 0.348 e. The molecule has 1 amide bonds. The Morgan fingerprint density at radius 1 is 1.26 bits per heavy atom. The molecule has 0 saturated carbocycles. The first-order chi connectivity index (χ1) is 12.9. The van der Waals surface area contributed by atoms with Crippen molar-refractivity contribution in [3.05, 3.63) is 51.4 Å². The van der Waals surface area contributed by atoms with E-state index in [0.29, 0.717) is 39.8 Å². The van der Waals surface area contributed by atoms with E-state index in [0.717, 1.165) is 16.9 Å². The second-order valence-electron chi connectivity index (χ2n) is 6.54. The highest BCUT2D eigenvalue weighted by molar-refractivity contribution is 7.18. The van der Waals surface area contributed by atoms with Crippen LogP contribution in [0.3, 0.4) is 0 Å². The molecule has 2 aromatic rings. The Bertz CT molecular complexity index is 861. The fourth-order valence-electron chi connectivity index (χ4n) is 2.64. The van der Waals surface area contributed by atoms with Crippen molar-refractivity contribution in [2.45, 2.75) is 46.5 Å². The van der Waals surface area contributed by atoms with E-state index in [-0.39, 0.29) is 12.5 Å². The summed E-state index contributed by atoms with van der Waals surface area (Å²) in [6.45, 7) is 7.95. The third kappa shape index (κ3) is 5.18. The SMILES string of the molecule is CCOC(=O)c1sc(NC(=O)CCc2ccc(C(C)C)cc2)c(C#N)c1C. The molecule has 1 aromatic heterocycles. The molecule has 27 heavy (non-hydrogen) atoms. The number of hydrogen-bond acceptors (Lipinski definition) is 5. The summed E-state index contributed by atoms with van der Waals surface area (Å²) in [5, 5.41) is 12.5. The van der Waals surface area contributed by atoms with E-state index in [1.54, 1.807) is 13.8 Å².